The van der Waals surface area contributed by atoms with Crippen molar-refractivity contribution in [3.05, 3.63) is 58.1 Å². The molecule has 2 rings (SSSR count). The molecule has 0 aliphatic carbocycles. The van der Waals surface area contributed by atoms with Gasteiger partial charge in [0.05, 0.1) is 13.5 Å². The minimum Gasteiger partial charge on any atom is -0.496 e. The van der Waals surface area contributed by atoms with Crippen molar-refractivity contribution < 1.29 is 19.1 Å². The normalized spacial score (nSPS) is 11.4. The Morgan fingerprint density at radius 2 is 1.85 bits per heavy atom. The molecular weight excluding hydrogens is 368 g/mol. The van der Waals surface area contributed by atoms with Crippen LogP contribution in [0.25, 0.3) is 0 Å². The van der Waals surface area contributed by atoms with Crippen molar-refractivity contribution >= 4 is 23.4 Å². The van der Waals surface area contributed by atoms with Gasteiger partial charge in [0, 0.05) is 10.6 Å². The van der Waals surface area contributed by atoms with Gasteiger partial charge in [0.25, 0.3) is 5.91 Å². The van der Waals surface area contributed by atoms with E-state index in [0.717, 1.165) is 11.1 Å². The first-order valence-corrected chi connectivity index (χ1v) is 8.83. The van der Waals surface area contributed by atoms with Gasteiger partial charge in [-0.3, -0.25) is 20.4 Å². The molecule has 27 heavy (non-hydrogen) atoms. The fourth-order valence-electron chi connectivity index (χ4n) is 2.43. The van der Waals surface area contributed by atoms with E-state index in [1.54, 1.807) is 31.2 Å². The van der Waals surface area contributed by atoms with Crippen LogP contribution >= 0.6 is 11.6 Å². The molecule has 0 aliphatic rings. The number of hydrazine groups is 1. The maximum atomic E-state index is 12.2. The highest BCUT2D eigenvalue weighted by atomic mass is 35.5. The number of methoxy groups -OCH3 is 1. The van der Waals surface area contributed by atoms with E-state index in [2.05, 4.69) is 10.9 Å². The summed E-state index contributed by atoms with van der Waals surface area (Å²) in [4.78, 5) is 24.3. The molecule has 0 saturated carbocycles. The second-order valence-corrected chi connectivity index (χ2v) is 6.56. The second kappa shape index (κ2) is 9.28. The molecule has 7 heteroatoms. The molecule has 0 aliphatic heterocycles. The monoisotopic (exact) mass is 390 g/mol. The highest BCUT2D eigenvalue weighted by molar-refractivity contribution is 6.30. The number of carbonyl (C=O) groups excluding carboxylic acids is 2. The summed E-state index contributed by atoms with van der Waals surface area (Å²) in [5.41, 5.74) is 7.41. The predicted molar refractivity (Wildman–Crippen MR) is 104 cm³/mol. The van der Waals surface area contributed by atoms with Crippen molar-refractivity contribution in [1.82, 2.24) is 10.9 Å². The Morgan fingerprint density at radius 1 is 1.11 bits per heavy atom. The van der Waals surface area contributed by atoms with E-state index in [4.69, 9.17) is 21.1 Å². The Balaban J connectivity index is 1.90. The van der Waals surface area contributed by atoms with Crippen LogP contribution in [0.3, 0.4) is 0 Å². The smallest absolute Gasteiger partial charge is 0.279 e. The number of rotatable bonds is 6. The van der Waals surface area contributed by atoms with Gasteiger partial charge < -0.3 is 9.47 Å². The molecule has 144 valence electrons. The van der Waals surface area contributed by atoms with E-state index in [-0.39, 0.29) is 6.42 Å². The van der Waals surface area contributed by atoms with E-state index in [1.165, 1.54) is 7.11 Å². The lowest BCUT2D eigenvalue weighted by molar-refractivity contribution is -0.132. The number of nitrogens with one attached hydrogen (secondary N) is 2. The highest BCUT2D eigenvalue weighted by Crippen LogP contribution is 2.23. The second-order valence-electron chi connectivity index (χ2n) is 6.13. The van der Waals surface area contributed by atoms with Gasteiger partial charge in [0.1, 0.15) is 11.5 Å². The van der Waals surface area contributed by atoms with E-state index in [1.807, 2.05) is 26.0 Å². The zero-order chi connectivity index (χ0) is 20.0. The summed E-state index contributed by atoms with van der Waals surface area (Å²) in [5.74, 6) is 0.324. The third-order valence-electron chi connectivity index (χ3n) is 4.15. The summed E-state index contributed by atoms with van der Waals surface area (Å²) in [6.07, 6.45) is -0.762. The van der Waals surface area contributed by atoms with E-state index >= 15 is 0 Å². The van der Waals surface area contributed by atoms with Gasteiger partial charge in [0.2, 0.25) is 5.91 Å². The zero-order valence-corrected chi connectivity index (χ0v) is 16.5. The van der Waals surface area contributed by atoms with Gasteiger partial charge in [-0.1, -0.05) is 23.7 Å². The van der Waals surface area contributed by atoms with Crippen LogP contribution in [0.4, 0.5) is 0 Å². The van der Waals surface area contributed by atoms with E-state index in [0.29, 0.717) is 22.1 Å². The van der Waals surface area contributed by atoms with Crippen LogP contribution in [0.5, 0.6) is 11.5 Å². The van der Waals surface area contributed by atoms with Crippen molar-refractivity contribution in [2.75, 3.05) is 7.11 Å². The number of amides is 2. The first-order chi connectivity index (χ1) is 12.8. The average Bonchev–Trinajstić information content (AvgIpc) is 2.63. The van der Waals surface area contributed by atoms with Crippen LogP contribution < -0.4 is 20.3 Å². The maximum Gasteiger partial charge on any atom is 0.279 e. The van der Waals surface area contributed by atoms with Gasteiger partial charge in [0.15, 0.2) is 6.10 Å². The van der Waals surface area contributed by atoms with E-state index in [9.17, 15) is 9.59 Å². The molecule has 0 saturated heterocycles. The molecular formula is C20H23ClN2O4. The number of benzene rings is 2. The van der Waals surface area contributed by atoms with Crippen molar-refractivity contribution in [2.45, 2.75) is 33.3 Å². The minimum atomic E-state index is -0.772. The lowest BCUT2D eigenvalue weighted by Gasteiger charge is -2.17. The predicted octanol–water partition coefficient (Wildman–Crippen LogP) is 3.12. The number of hydrogen-bond acceptors (Lipinski definition) is 4. The SMILES string of the molecule is COc1ccc(Cl)cc1CC(=O)NNC(=O)[C@@H](C)Oc1cccc(C)c1C. The van der Waals surface area contributed by atoms with Gasteiger partial charge in [-0.15, -0.1) is 0 Å². The lowest BCUT2D eigenvalue weighted by atomic mass is 10.1. The molecule has 2 aromatic carbocycles. The Labute approximate surface area is 163 Å². The molecule has 0 fully saturated rings. The quantitative estimate of drug-likeness (QED) is 0.743. The van der Waals surface area contributed by atoms with Crippen LogP contribution in [0.15, 0.2) is 36.4 Å². The first kappa shape index (κ1) is 20.6. The topological polar surface area (TPSA) is 76.7 Å². The Morgan fingerprint density at radius 3 is 2.56 bits per heavy atom. The van der Waals surface area contributed by atoms with Crippen LogP contribution in [0.1, 0.15) is 23.6 Å². The van der Waals surface area contributed by atoms with Gasteiger partial charge in [-0.25, -0.2) is 0 Å². The zero-order valence-electron chi connectivity index (χ0n) is 15.8. The first-order valence-electron chi connectivity index (χ1n) is 8.45. The number of ether oxygens (including phenoxy) is 2. The van der Waals surface area contributed by atoms with Crippen molar-refractivity contribution in [2.24, 2.45) is 0 Å². The summed E-state index contributed by atoms with van der Waals surface area (Å²) in [5, 5.41) is 0.498. The van der Waals surface area contributed by atoms with Gasteiger partial charge in [-0.05, 0) is 56.2 Å². The van der Waals surface area contributed by atoms with Crippen molar-refractivity contribution in [3.63, 3.8) is 0 Å². The summed E-state index contributed by atoms with van der Waals surface area (Å²) < 4.78 is 10.9. The number of carbonyl (C=O) groups is 2. The molecule has 6 nitrogen and oxygen atoms in total. The summed E-state index contributed by atoms with van der Waals surface area (Å²) >= 11 is 5.95. The van der Waals surface area contributed by atoms with Crippen LogP contribution in [0.2, 0.25) is 5.02 Å². The molecule has 0 radical (unpaired) electrons. The molecule has 2 N–H and O–H groups in total. The highest BCUT2D eigenvalue weighted by Gasteiger charge is 2.17. The average molecular weight is 391 g/mol. The molecule has 0 unspecified atom stereocenters. The van der Waals surface area contributed by atoms with E-state index < -0.39 is 17.9 Å². The summed E-state index contributed by atoms with van der Waals surface area (Å²) in [6.45, 7) is 5.51. The Hall–Kier alpha value is -2.73. The third-order valence-corrected chi connectivity index (χ3v) is 4.38. The van der Waals surface area contributed by atoms with Gasteiger partial charge in [-0.2, -0.15) is 0 Å². The molecule has 0 heterocycles. The lowest BCUT2D eigenvalue weighted by Crippen LogP contribution is -2.47. The molecule has 0 bridgehead atoms. The molecule has 1 atom stereocenters. The van der Waals surface area contributed by atoms with Gasteiger partial charge >= 0.3 is 0 Å². The maximum absolute atomic E-state index is 12.2. The number of aryl methyl sites for hydroxylation is 1. The van der Waals surface area contributed by atoms with Crippen molar-refractivity contribution in [3.8, 4) is 11.5 Å². The molecule has 0 aromatic heterocycles. The number of halogens is 1. The van der Waals surface area contributed by atoms with Crippen LogP contribution in [-0.4, -0.2) is 25.0 Å². The fourth-order valence-corrected chi connectivity index (χ4v) is 2.63. The minimum absolute atomic E-state index is 0.0102. The standard InChI is InChI=1S/C20H23ClN2O4/c1-12-6-5-7-17(13(12)2)27-14(3)20(25)23-22-19(24)11-15-10-16(21)8-9-18(15)26-4/h5-10,14H,11H2,1-4H3,(H,22,24)(H,23,25)/t14-/m1/s1. The summed E-state index contributed by atoms with van der Waals surface area (Å²) in [7, 11) is 1.51. The summed E-state index contributed by atoms with van der Waals surface area (Å²) in [6, 6.07) is 10.6. The van der Waals surface area contributed by atoms with Crippen LogP contribution in [0, 0.1) is 13.8 Å². The Kier molecular flexibility index (Phi) is 7.07. The third kappa shape index (κ3) is 5.62. The molecule has 0 spiro atoms. The number of hydrogen-bond donors (Lipinski definition) is 2. The Bertz CT molecular complexity index is 839. The molecule has 2 amide bonds. The largest absolute Gasteiger partial charge is 0.496 e. The van der Waals surface area contributed by atoms with Crippen molar-refractivity contribution in [1.29, 1.82) is 0 Å². The molecule has 2 aromatic rings. The fraction of sp³-hybridized carbons (Fsp3) is 0.300. The van der Waals surface area contributed by atoms with Crippen LogP contribution in [-0.2, 0) is 16.0 Å².